The number of amides is 1. The largest absolute Gasteiger partial charge is 0.394 e. The van der Waals surface area contributed by atoms with Gasteiger partial charge in [-0.2, -0.15) is 0 Å². The van der Waals surface area contributed by atoms with E-state index in [1.807, 2.05) is 13.8 Å². The van der Waals surface area contributed by atoms with E-state index in [1.54, 1.807) is 0 Å². The van der Waals surface area contributed by atoms with E-state index in [2.05, 4.69) is 12.2 Å². The van der Waals surface area contributed by atoms with Crippen molar-refractivity contribution in [1.82, 2.24) is 5.32 Å². The minimum Gasteiger partial charge on any atom is -0.394 e. The van der Waals surface area contributed by atoms with Gasteiger partial charge in [0.1, 0.15) is 6.10 Å². The summed E-state index contributed by atoms with van der Waals surface area (Å²) in [6, 6.07) is -0.702. The van der Waals surface area contributed by atoms with Crippen LogP contribution in [0.4, 0.5) is 0 Å². The first kappa shape index (κ1) is 29.3. The fraction of sp³-hybridized carbons (Fsp3) is 0.957. The molecule has 0 radical (unpaired) electrons. The van der Waals surface area contributed by atoms with Gasteiger partial charge in [-0.1, -0.05) is 119 Å². The van der Waals surface area contributed by atoms with Gasteiger partial charge in [0.15, 0.2) is 5.79 Å². The van der Waals surface area contributed by atoms with Crippen LogP contribution in [-0.4, -0.2) is 45.5 Å². The van der Waals surface area contributed by atoms with Gasteiger partial charge in [0.2, 0.25) is 0 Å². The molecule has 0 unspecified atom stereocenters. The number of hydrogen-bond donors (Lipinski definition) is 2. The Morgan fingerprint density at radius 1 is 0.935 bits per heavy atom. The Kier molecular flexibility index (Phi) is 14.3. The number of nitrogens with one attached hydrogen (secondary N) is 1. The Bertz CT molecular complexity index is 500. The zero-order valence-corrected chi connectivity index (χ0v) is 21.7. The van der Waals surface area contributed by atoms with Crippen molar-refractivity contribution in [2.45, 2.75) is 132 Å². The van der Waals surface area contributed by atoms with E-state index in [4.69, 9.17) is 44.3 Å². The molecule has 1 aliphatic heterocycles. The first-order valence-corrected chi connectivity index (χ1v) is 13.1. The number of aliphatic hydroxyl groups is 1. The molecule has 0 bridgehead atoms. The molecule has 0 aliphatic carbocycles. The van der Waals surface area contributed by atoms with Crippen molar-refractivity contribution < 1.29 is 19.4 Å². The van der Waals surface area contributed by atoms with Gasteiger partial charge in [0.05, 0.1) is 18.8 Å². The molecule has 31 heavy (non-hydrogen) atoms. The lowest BCUT2D eigenvalue weighted by Crippen LogP contribution is -2.52. The van der Waals surface area contributed by atoms with Gasteiger partial charge < -0.3 is 19.9 Å². The minimum absolute atomic E-state index is 0.231. The summed E-state index contributed by atoms with van der Waals surface area (Å²) in [5.41, 5.74) is 0. The van der Waals surface area contributed by atoms with Gasteiger partial charge in [0, 0.05) is 0 Å². The molecule has 2 N–H and O–H groups in total. The van der Waals surface area contributed by atoms with Crippen LogP contribution >= 0.6 is 34.8 Å². The lowest BCUT2D eigenvalue weighted by atomic mass is 9.99. The maximum absolute atomic E-state index is 12.0. The van der Waals surface area contributed by atoms with Crippen molar-refractivity contribution in [3.8, 4) is 0 Å². The number of carbonyl (C=O) groups is 1. The van der Waals surface area contributed by atoms with Crippen LogP contribution in [0.25, 0.3) is 0 Å². The number of ether oxygens (including phenoxy) is 2. The zero-order chi connectivity index (χ0) is 23.3. The highest BCUT2D eigenvalue weighted by molar-refractivity contribution is 6.76. The van der Waals surface area contributed by atoms with Crippen LogP contribution in [0.2, 0.25) is 0 Å². The molecule has 0 aromatic rings. The molecule has 8 heteroatoms. The van der Waals surface area contributed by atoms with Crippen LogP contribution in [0.5, 0.6) is 0 Å². The van der Waals surface area contributed by atoms with E-state index < -0.39 is 27.6 Å². The molecule has 3 atom stereocenters. The SMILES string of the molecule is CCCCCCCCCCCCCC[C@H]1OC(C)(C)O[C@H]1[C@H](CO)NC(=O)C(Cl)(Cl)Cl. The van der Waals surface area contributed by atoms with Gasteiger partial charge >= 0.3 is 0 Å². The molecule has 184 valence electrons. The van der Waals surface area contributed by atoms with Gasteiger partial charge in [-0.25, -0.2) is 0 Å². The molecule has 5 nitrogen and oxygen atoms in total. The van der Waals surface area contributed by atoms with Crippen molar-refractivity contribution in [3.05, 3.63) is 0 Å². The fourth-order valence-corrected chi connectivity index (χ4v) is 4.26. The molecule has 0 saturated carbocycles. The molecule has 0 aromatic carbocycles. The number of hydrogen-bond acceptors (Lipinski definition) is 4. The maximum Gasteiger partial charge on any atom is 0.272 e. The summed E-state index contributed by atoms with van der Waals surface area (Å²) in [7, 11) is 0. The predicted octanol–water partition coefficient (Wildman–Crippen LogP) is 6.45. The summed E-state index contributed by atoms with van der Waals surface area (Å²) in [6.45, 7) is 5.58. The number of carbonyl (C=O) groups excluding carboxylic acids is 1. The average molecular weight is 503 g/mol. The number of halogens is 3. The second-order valence-electron chi connectivity index (χ2n) is 9.08. The monoisotopic (exact) mass is 501 g/mol. The van der Waals surface area contributed by atoms with Crippen molar-refractivity contribution >= 4 is 40.7 Å². The average Bonchev–Trinajstić information content (AvgIpc) is 3.00. The maximum atomic E-state index is 12.0. The third kappa shape index (κ3) is 12.3. The van der Waals surface area contributed by atoms with Crippen LogP contribution in [0.1, 0.15) is 104 Å². The molecule has 1 saturated heterocycles. The molecule has 1 amide bonds. The molecule has 1 aliphatic rings. The van der Waals surface area contributed by atoms with Gasteiger partial charge in [-0.3, -0.25) is 4.79 Å². The summed E-state index contributed by atoms with van der Waals surface area (Å²) in [4.78, 5) is 12.0. The molecule has 0 aromatic heterocycles. The van der Waals surface area contributed by atoms with Gasteiger partial charge in [-0.05, 0) is 20.3 Å². The Labute approximate surface area is 203 Å². The van der Waals surface area contributed by atoms with Crippen LogP contribution in [0.15, 0.2) is 0 Å². The normalized spacial score (nSPS) is 21.9. The van der Waals surface area contributed by atoms with E-state index in [0.29, 0.717) is 0 Å². The smallest absolute Gasteiger partial charge is 0.272 e. The Morgan fingerprint density at radius 3 is 1.87 bits per heavy atom. The number of unbranched alkanes of at least 4 members (excludes halogenated alkanes) is 11. The highest BCUT2D eigenvalue weighted by atomic mass is 35.6. The van der Waals surface area contributed by atoms with E-state index in [1.165, 1.54) is 64.2 Å². The molecular weight excluding hydrogens is 461 g/mol. The zero-order valence-electron chi connectivity index (χ0n) is 19.4. The van der Waals surface area contributed by atoms with Gasteiger partial charge in [0.25, 0.3) is 9.70 Å². The second kappa shape index (κ2) is 15.2. The molecule has 1 fully saturated rings. The number of alkyl halides is 3. The topological polar surface area (TPSA) is 67.8 Å². The van der Waals surface area contributed by atoms with E-state index in [9.17, 15) is 9.90 Å². The van der Waals surface area contributed by atoms with Crippen molar-refractivity contribution in [2.75, 3.05) is 6.61 Å². The number of aliphatic hydroxyl groups excluding tert-OH is 1. The summed E-state index contributed by atoms with van der Waals surface area (Å²) < 4.78 is 9.90. The van der Waals surface area contributed by atoms with Crippen LogP contribution in [-0.2, 0) is 14.3 Å². The highest BCUT2D eigenvalue weighted by Gasteiger charge is 2.46. The number of rotatable bonds is 16. The summed E-state index contributed by atoms with van der Waals surface area (Å²) >= 11 is 16.9. The van der Waals surface area contributed by atoms with Crippen LogP contribution < -0.4 is 5.32 Å². The van der Waals surface area contributed by atoms with Gasteiger partial charge in [-0.15, -0.1) is 0 Å². The lowest BCUT2D eigenvalue weighted by Gasteiger charge is -2.27. The second-order valence-corrected chi connectivity index (χ2v) is 11.4. The van der Waals surface area contributed by atoms with E-state index >= 15 is 0 Å². The quantitative estimate of drug-likeness (QED) is 0.188. The van der Waals surface area contributed by atoms with Crippen molar-refractivity contribution in [2.24, 2.45) is 0 Å². The third-order valence-electron chi connectivity index (χ3n) is 5.73. The predicted molar refractivity (Wildman–Crippen MR) is 129 cm³/mol. The van der Waals surface area contributed by atoms with Crippen LogP contribution in [0, 0.1) is 0 Å². The van der Waals surface area contributed by atoms with E-state index in [-0.39, 0.29) is 12.7 Å². The third-order valence-corrected chi connectivity index (χ3v) is 6.25. The first-order valence-electron chi connectivity index (χ1n) is 11.9. The van der Waals surface area contributed by atoms with Crippen molar-refractivity contribution in [3.63, 3.8) is 0 Å². The minimum atomic E-state index is -2.09. The van der Waals surface area contributed by atoms with Crippen LogP contribution in [0.3, 0.4) is 0 Å². The molecule has 1 rings (SSSR count). The lowest BCUT2D eigenvalue weighted by molar-refractivity contribution is -0.151. The standard InChI is InChI=1S/C23H42Cl3NO4/c1-4-5-6-7-8-9-10-11-12-13-14-15-16-19-20(31-22(2,3)30-19)18(17-28)27-21(29)23(24,25)26/h18-20,28H,4-17H2,1-3H3,(H,27,29)/t18-,19+,20-/m0/s1. The molecule has 1 heterocycles. The Morgan fingerprint density at radius 2 is 1.42 bits per heavy atom. The summed E-state index contributed by atoms with van der Waals surface area (Å²) in [5.74, 6) is -1.57. The highest BCUT2D eigenvalue weighted by Crippen LogP contribution is 2.33. The molecule has 0 spiro atoms. The fourth-order valence-electron chi connectivity index (χ4n) is 4.10. The first-order chi connectivity index (χ1) is 14.6. The van der Waals surface area contributed by atoms with E-state index in [0.717, 1.165) is 19.3 Å². The summed E-state index contributed by atoms with van der Waals surface area (Å²) in [5, 5.41) is 12.4. The Hall–Kier alpha value is 0.220. The summed E-state index contributed by atoms with van der Waals surface area (Å²) in [6.07, 6.45) is 15.5. The Balaban J connectivity index is 2.29. The van der Waals surface area contributed by atoms with Crippen molar-refractivity contribution in [1.29, 1.82) is 0 Å². The molecular formula is C23H42Cl3NO4.